The highest BCUT2D eigenvalue weighted by molar-refractivity contribution is 8.77. The van der Waals surface area contributed by atoms with Crippen LogP contribution in [0.5, 0.6) is 5.75 Å². The molecular formula is C46H46N2O10S2. The minimum Gasteiger partial charge on any atom is -0.511 e. The highest BCUT2D eigenvalue weighted by atomic mass is 33.1. The Labute approximate surface area is 354 Å². The van der Waals surface area contributed by atoms with Crippen molar-refractivity contribution in [2.24, 2.45) is 22.7 Å². The second-order valence-corrected chi connectivity index (χ2v) is 20.1. The van der Waals surface area contributed by atoms with Crippen LogP contribution in [0.25, 0.3) is 0 Å². The number of ketones is 2. The van der Waals surface area contributed by atoms with Gasteiger partial charge in [-0.2, -0.15) is 0 Å². The van der Waals surface area contributed by atoms with Gasteiger partial charge in [0.05, 0.1) is 24.7 Å². The lowest BCUT2D eigenvalue weighted by molar-refractivity contribution is -0.320. The van der Waals surface area contributed by atoms with E-state index in [-0.39, 0.29) is 52.7 Å². The van der Waals surface area contributed by atoms with Gasteiger partial charge in [0.1, 0.15) is 52.0 Å². The molecule has 312 valence electrons. The molecule has 5 aliphatic carbocycles. The minimum atomic E-state index is -2.24. The number of rotatable bonds is 4. The fraction of sp³-hybridized carbons (Fsp3) is 0.435. The van der Waals surface area contributed by atoms with E-state index < -0.39 is 65.1 Å². The van der Waals surface area contributed by atoms with E-state index in [4.69, 9.17) is 9.47 Å². The van der Waals surface area contributed by atoms with E-state index in [2.05, 4.69) is 22.8 Å². The van der Waals surface area contributed by atoms with Gasteiger partial charge in [-0.1, -0.05) is 82.6 Å². The van der Waals surface area contributed by atoms with E-state index in [0.717, 1.165) is 40.9 Å². The molecule has 11 aliphatic rings. The Balaban J connectivity index is 1.08. The van der Waals surface area contributed by atoms with Gasteiger partial charge in [-0.05, 0) is 89.2 Å². The maximum Gasteiger partial charge on any atom is 0.229 e. The normalized spacial score (nSPS) is 37.5. The van der Waals surface area contributed by atoms with Crippen molar-refractivity contribution >= 4 is 33.2 Å². The minimum absolute atomic E-state index is 0.00538. The lowest BCUT2D eigenvalue weighted by Gasteiger charge is -2.55. The number of dihydropyridines is 2. The number of carbonyl (C=O) groups excluding carboxylic acids is 2. The number of hydrogen-bond donors (Lipinski definition) is 8. The topological polar surface area (TPSA) is 198 Å². The molecule has 2 spiro atoms. The molecule has 2 aromatic carbocycles. The molecule has 6 aliphatic heterocycles. The first-order valence-electron chi connectivity index (χ1n) is 20.7. The van der Waals surface area contributed by atoms with Gasteiger partial charge in [-0.3, -0.25) is 9.59 Å². The monoisotopic (exact) mass is 850 g/mol. The van der Waals surface area contributed by atoms with Crippen molar-refractivity contribution in [1.29, 1.82) is 0 Å². The Morgan fingerprint density at radius 2 is 1.83 bits per heavy atom. The number of Topliss-reactive ketones (excluding diaryl/α,β-unsaturated/α-hetero) is 2. The molecule has 3 fully saturated rings. The molecule has 0 aromatic heterocycles. The van der Waals surface area contributed by atoms with Crippen molar-refractivity contribution < 1.29 is 49.7 Å². The van der Waals surface area contributed by atoms with Gasteiger partial charge >= 0.3 is 0 Å². The Morgan fingerprint density at radius 1 is 1.00 bits per heavy atom. The van der Waals surface area contributed by atoms with E-state index in [9.17, 15) is 35.4 Å². The molecule has 10 unspecified atom stereocenters. The third kappa shape index (κ3) is 5.28. The molecule has 6 heterocycles. The van der Waals surface area contributed by atoms with Gasteiger partial charge in [0.15, 0.2) is 11.6 Å². The van der Waals surface area contributed by atoms with Crippen LogP contribution in [-0.4, -0.2) is 96.7 Å². The van der Waals surface area contributed by atoms with E-state index in [1.165, 1.54) is 33.6 Å². The van der Waals surface area contributed by atoms with Gasteiger partial charge in [-0.15, -0.1) is 0 Å². The molecule has 13 rings (SSSR count). The number of ether oxygens (including phenoxy) is 2. The third-order valence-electron chi connectivity index (χ3n) is 14.7. The fourth-order valence-corrected chi connectivity index (χ4v) is 15.0. The van der Waals surface area contributed by atoms with Gasteiger partial charge in [-0.25, -0.2) is 0 Å². The Kier molecular flexibility index (Phi) is 9.01. The molecule has 8 N–H and O–H groups in total. The van der Waals surface area contributed by atoms with Gasteiger partial charge < -0.3 is 50.7 Å². The van der Waals surface area contributed by atoms with E-state index in [1.54, 1.807) is 35.1 Å². The molecule has 2 saturated carbocycles. The zero-order valence-corrected chi connectivity index (χ0v) is 34.2. The van der Waals surface area contributed by atoms with Crippen molar-refractivity contribution in [2.75, 3.05) is 18.9 Å². The summed E-state index contributed by atoms with van der Waals surface area (Å²) in [5.74, 6) is -1.45. The second-order valence-electron chi connectivity index (χ2n) is 17.6. The van der Waals surface area contributed by atoms with Crippen molar-refractivity contribution in [3.63, 3.8) is 0 Å². The van der Waals surface area contributed by atoms with E-state index >= 15 is 4.79 Å². The van der Waals surface area contributed by atoms with Crippen LogP contribution in [0.15, 0.2) is 112 Å². The average molecular weight is 851 g/mol. The van der Waals surface area contributed by atoms with Crippen LogP contribution >= 0.6 is 21.6 Å². The second kappa shape index (κ2) is 13.9. The van der Waals surface area contributed by atoms with Crippen LogP contribution in [0, 0.1) is 22.7 Å². The van der Waals surface area contributed by atoms with E-state index in [1.807, 2.05) is 24.3 Å². The summed E-state index contributed by atoms with van der Waals surface area (Å²) < 4.78 is 12.5. The van der Waals surface area contributed by atoms with E-state index in [0.29, 0.717) is 31.4 Å². The van der Waals surface area contributed by atoms with Crippen molar-refractivity contribution in [3.05, 3.63) is 134 Å². The van der Waals surface area contributed by atoms with Crippen LogP contribution in [0.2, 0.25) is 0 Å². The maximum absolute atomic E-state index is 15.4. The Morgan fingerprint density at radius 3 is 2.67 bits per heavy atom. The average Bonchev–Trinajstić information content (AvgIpc) is 3.89. The first-order chi connectivity index (χ1) is 29.0. The standard InChI is InChI=1S/C46H46N2O10S2/c49-18-23-5-1-4-22(14-23)15-24-16-30-37(52)26-6-2-8-31-35(26)39(54)45(30,33(51)17-24)21-59-60-42-27-10-9-25-28-7-3-12-44(28,29-11-13-47-41(48-42)36(29)34(25)27)20-46(56)38(53)32(19-50)58-43(57-31)40(46)55/h1-2,4-6,8-9,11,14,16-17,28,30,32,38,40,42-43,47-51,53,55-56H,3,7,10,12-13,15,18-21H2. The number of hydrogen-bond acceptors (Lipinski definition) is 14. The van der Waals surface area contributed by atoms with Gasteiger partial charge in [0.25, 0.3) is 0 Å². The largest absolute Gasteiger partial charge is 0.511 e. The number of nitrogens with one attached hydrogen (secondary N) is 2. The van der Waals surface area contributed by atoms with Gasteiger partial charge in [0.2, 0.25) is 6.29 Å². The molecule has 1 saturated heterocycles. The molecule has 2 aromatic rings. The van der Waals surface area contributed by atoms with Crippen LogP contribution in [-0.2, 0) is 17.8 Å². The summed E-state index contributed by atoms with van der Waals surface area (Å²) in [6.45, 7) is -0.300. The first-order valence-corrected chi connectivity index (χ1v) is 23.1. The summed E-state index contributed by atoms with van der Waals surface area (Å²) >= 11 is 0. The smallest absolute Gasteiger partial charge is 0.229 e. The highest BCUT2D eigenvalue weighted by Gasteiger charge is 2.65. The van der Waals surface area contributed by atoms with Crippen molar-refractivity contribution in [3.8, 4) is 5.75 Å². The zero-order valence-electron chi connectivity index (χ0n) is 32.6. The summed E-state index contributed by atoms with van der Waals surface area (Å²) in [5.41, 5.74) is 3.29. The summed E-state index contributed by atoms with van der Waals surface area (Å²) in [6.07, 6.45) is 4.68. The number of carbonyl (C=O) groups is 2. The number of allylic oxidation sites excluding steroid dienone is 9. The predicted octanol–water partition coefficient (Wildman–Crippen LogP) is 4.22. The fourth-order valence-electron chi connectivity index (χ4n) is 12.0. The molecule has 0 amide bonds. The number of aliphatic hydroxyl groups is 6. The predicted molar refractivity (Wildman–Crippen MR) is 223 cm³/mol. The summed E-state index contributed by atoms with van der Waals surface area (Å²) in [7, 11) is 2.98. The van der Waals surface area contributed by atoms with Gasteiger partial charge in [0, 0.05) is 28.8 Å². The van der Waals surface area contributed by atoms with Crippen LogP contribution in [0.1, 0.15) is 63.9 Å². The van der Waals surface area contributed by atoms with Crippen molar-refractivity contribution in [2.45, 2.75) is 80.7 Å². The van der Waals surface area contributed by atoms with Crippen molar-refractivity contribution in [1.82, 2.24) is 10.6 Å². The van der Waals surface area contributed by atoms with Crippen LogP contribution < -0.4 is 15.4 Å². The lowest BCUT2D eigenvalue weighted by Crippen LogP contribution is -2.69. The summed E-state index contributed by atoms with van der Waals surface area (Å²) in [6, 6.07) is 12.0. The summed E-state index contributed by atoms with van der Waals surface area (Å²) in [5, 5.41) is 76.7. The Hall–Kier alpha value is -4.12. The quantitative estimate of drug-likeness (QED) is 0.204. The first kappa shape index (κ1) is 38.8. The highest BCUT2D eigenvalue weighted by Crippen LogP contribution is 2.67. The molecular weight excluding hydrogens is 805 g/mol. The summed E-state index contributed by atoms with van der Waals surface area (Å²) in [4.78, 5) is 30.3. The Bertz CT molecular complexity index is 2460. The molecule has 0 radical (unpaired) electrons. The zero-order chi connectivity index (χ0) is 41.3. The molecule has 60 heavy (non-hydrogen) atoms. The maximum atomic E-state index is 15.4. The molecule has 14 heteroatoms. The van der Waals surface area contributed by atoms with Crippen LogP contribution in [0.4, 0.5) is 0 Å². The number of benzene rings is 2. The third-order valence-corrected chi connectivity index (χ3v) is 17.3. The molecule has 12 bridgehead atoms. The number of aliphatic hydroxyl groups excluding tert-OH is 5. The molecule has 10 atom stereocenters. The SMILES string of the molecule is O=C1c2cccc3c2C(=O)C2(CSSC4NC5=C6C(=CCN5)C5(CCCC5C5=CCC4=C56)CC4(O)C(O)C(CO)OC(O3)C4O)C(O)=CC(Cc3cccc(CO)c3)=CC12. The van der Waals surface area contributed by atoms with Crippen LogP contribution in [0.3, 0.4) is 0 Å². The molecule has 12 nitrogen and oxygen atoms in total. The lowest BCUT2D eigenvalue weighted by atomic mass is 9.54.